The molecule has 0 saturated heterocycles. The van der Waals surface area contributed by atoms with Gasteiger partial charge in [-0.25, -0.2) is 9.59 Å². The van der Waals surface area contributed by atoms with Gasteiger partial charge in [-0.3, -0.25) is 4.90 Å². The molecule has 0 N–H and O–H groups in total. The van der Waals surface area contributed by atoms with Crippen LogP contribution in [-0.4, -0.2) is 38.9 Å². The van der Waals surface area contributed by atoms with E-state index in [1.165, 1.54) is 12.1 Å². The number of esters is 1. The van der Waals surface area contributed by atoms with Crippen LogP contribution in [0.5, 0.6) is 5.75 Å². The largest absolute Gasteiger partial charge is 0.442 e. The number of halogens is 3. The van der Waals surface area contributed by atoms with Crippen molar-refractivity contribution in [3.8, 4) is 17.0 Å². The number of ether oxygens (including phenoxy) is 2. The lowest BCUT2D eigenvalue weighted by Crippen LogP contribution is -2.27. The summed E-state index contributed by atoms with van der Waals surface area (Å²) < 4.78 is 51.8. The van der Waals surface area contributed by atoms with Crippen molar-refractivity contribution < 1.29 is 32.2 Å². The summed E-state index contributed by atoms with van der Waals surface area (Å²) >= 11 is 0. The summed E-state index contributed by atoms with van der Waals surface area (Å²) in [6.07, 6.45) is -2.17. The van der Waals surface area contributed by atoms with E-state index in [1.807, 2.05) is 6.07 Å². The van der Waals surface area contributed by atoms with Gasteiger partial charge < -0.3 is 9.47 Å². The molecular weight excluding hydrogens is 499 g/mol. The van der Waals surface area contributed by atoms with E-state index in [2.05, 4.69) is 16.9 Å². The highest BCUT2D eigenvalue weighted by Gasteiger charge is 2.32. The second kappa shape index (κ2) is 10.6. The normalized spacial score (nSPS) is 13.9. The van der Waals surface area contributed by atoms with Crippen LogP contribution >= 0.6 is 0 Å². The van der Waals surface area contributed by atoms with Crippen LogP contribution in [0.25, 0.3) is 11.3 Å². The third-order valence-corrected chi connectivity index (χ3v) is 5.98. The molecule has 2 aromatic carbocycles. The topological polar surface area (TPSA) is 73.7 Å². The van der Waals surface area contributed by atoms with Crippen LogP contribution in [-0.2, 0) is 24.0 Å². The summed E-state index contributed by atoms with van der Waals surface area (Å²) in [5.74, 6) is -0.556. The Balaban J connectivity index is 1.65. The lowest BCUT2D eigenvalue weighted by Gasteiger charge is -2.18. The fourth-order valence-corrected chi connectivity index (χ4v) is 4.19. The molecule has 0 spiro atoms. The lowest BCUT2D eigenvalue weighted by molar-refractivity contribution is -0.137. The molecule has 0 unspecified atom stereocenters. The van der Waals surface area contributed by atoms with Crippen LogP contribution in [0.4, 0.5) is 18.0 Å². The second-order valence-corrected chi connectivity index (χ2v) is 10.3. The maximum atomic E-state index is 13.4. The van der Waals surface area contributed by atoms with Gasteiger partial charge in [-0.15, -0.1) is 0 Å². The van der Waals surface area contributed by atoms with Crippen LogP contribution in [0.15, 0.2) is 48.7 Å². The molecule has 1 aliphatic rings. The van der Waals surface area contributed by atoms with E-state index in [9.17, 15) is 22.8 Å². The van der Waals surface area contributed by atoms with Crippen molar-refractivity contribution in [2.75, 3.05) is 6.54 Å². The molecule has 10 heteroatoms. The highest BCUT2D eigenvalue weighted by Crippen LogP contribution is 2.33. The first-order chi connectivity index (χ1) is 17.8. The first-order valence-electron chi connectivity index (χ1n) is 12.4. The summed E-state index contributed by atoms with van der Waals surface area (Å²) in [6, 6.07) is 9.77. The van der Waals surface area contributed by atoms with Gasteiger partial charge in [0.25, 0.3) is 0 Å². The highest BCUT2D eigenvalue weighted by molar-refractivity contribution is 5.98. The van der Waals surface area contributed by atoms with E-state index in [1.54, 1.807) is 32.9 Å². The van der Waals surface area contributed by atoms with E-state index >= 15 is 0 Å². The van der Waals surface area contributed by atoms with E-state index < -0.39 is 29.4 Å². The van der Waals surface area contributed by atoms with E-state index in [0.717, 1.165) is 66.6 Å². The SMILES string of the molecule is CCCCN1Cc2ccc(OC(=O)c3cn(C(=O)OC(C)(C)C)nc3-c3cccc(C(F)(F)F)c3)cc2C1. The standard InChI is InChI=1S/C28H30F3N3O4/c1-5-6-12-33-15-19-10-11-22(14-20(19)16-33)37-25(35)23-17-34(26(36)38-27(2,3)4)32-24(23)18-8-7-9-21(13-18)28(29,30)31/h7-11,13-14,17H,5-6,12,15-16H2,1-4H3. The Morgan fingerprint density at radius 1 is 1.03 bits per heavy atom. The average molecular weight is 530 g/mol. The maximum Gasteiger partial charge on any atom is 0.435 e. The molecule has 0 bridgehead atoms. The summed E-state index contributed by atoms with van der Waals surface area (Å²) in [7, 11) is 0. The zero-order valence-corrected chi connectivity index (χ0v) is 21.8. The van der Waals surface area contributed by atoms with Crippen molar-refractivity contribution in [1.82, 2.24) is 14.7 Å². The Hall–Kier alpha value is -3.66. The fourth-order valence-electron chi connectivity index (χ4n) is 4.19. The zero-order valence-electron chi connectivity index (χ0n) is 21.8. The maximum absolute atomic E-state index is 13.4. The Labute approximate surface area is 219 Å². The zero-order chi connectivity index (χ0) is 27.7. The quantitative estimate of drug-likeness (QED) is 0.262. The average Bonchev–Trinajstić information content (AvgIpc) is 3.45. The Morgan fingerprint density at radius 2 is 1.76 bits per heavy atom. The Morgan fingerprint density at radius 3 is 2.45 bits per heavy atom. The monoisotopic (exact) mass is 529 g/mol. The molecule has 202 valence electrons. The number of aromatic nitrogens is 2. The highest BCUT2D eigenvalue weighted by atomic mass is 19.4. The molecule has 2 heterocycles. The van der Waals surface area contributed by atoms with Crippen molar-refractivity contribution in [2.45, 2.75) is 65.4 Å². The molecule has 3 aromatic rings. The van der Waals surface area contributed by atoms with Crippen molar-refractivity contribution >= 4 is 12.1 Å². The van der Waals surface area contributed by atoms with E-state index in [-0.39, 0.29) is 16.8 Å². The molecule has 0 atom stereocenters. The summed E-state index contributed by atoms with van der Waals surface area (Å²) in [5.41, 5.74) is 0.161. The van der Waals surface area contributed by atoms with E-state index in [4.69, 9.17) is 9.47 Å². The van der Waals surface area contributed by atoms with Crippen molar-refractivity contribution in [3.63, 3.8) is 0 Å². The minimum atomic E-state index is -4.60. The third kappa shape index (κ3) is 6.42. The lowest BCUT2D eigenvalue weighted by atomic mass is 10.0. The molecule has 1 aliphatic heterocycles. The van der Waals surface area contributed by atoms with Gasteiger partial charge >= 0.3 is 18.2 Å². The van der Waals surface area contributed by atoms with Gasteiger partial charge in [0.15, 0.2) is 0 Å². The predicted molar refractivity (Wildman–Crippen MR) is 135 cm³/mol. The Kier molecular flexibility index (Phi) is 7.64. The smallest absolute Gasteiger partial charge is 0.435 e. The summed E-state index contributed by atoms with van der Waals surface area (Å²) in [4.78, 5) is 28.2. The number of benzene rings is 2. The second-order valence-electron chi connectivity index (χ2n) is 10.3. The number of carbonyl (C=O) groups is 2. The number of hydrogen-bond acceptors (Lipinski definition) is 6. The molecule has 1 aromatic heterocycles. The number of unbranched alkanes of at least 4 members (excludes halogenated alkanes) is 1. The summed E-state index contributed by atoms with van der Waals surface area (Å²) in [6.45, 7) is 9.67. The minimum Gasteiger partial charge on any atom is -0.442 e. The molecule has 0 fully saturated rings. The number of hydrogen-bond donors (Lipinski definition) is 0. The molecule has 0 radical (unpaired) electrons. The third-order valence-electron chi connectivity index (χ3n) is 5.98. The Bertz CT molecular complexity index is 1340. The predicted octanol–water partition coefficient (Wildman–Crippen LogP) is 6.69. The van der Waals surface area contributed by atoms with Gasteiger partial charge in [0.1, 0.15) is 22.6 Å². The van der Waals surface area contributed by atoms with Crippen LogP contribution in [0.2, 0.25) is 0 Å². The van der Waals surface area contributed by atoms with Gasteiger partial charge in [-0.2, -0.15) is 23.0 Å². The minimum absolute atomic E-state index is 0.00889. The fraction of sp³-hybridized carbons (Fsp3) is 0.393. The van der Waals surface area contributed by atoms with Gasteiger partial charge in [0, 0.05) is 18.7 Å². The molecule has 0 amide bonds. The van der Waals surface area contributed by atoms with Crippen LogP contribution < -0.4 is 4.74 Å². The number of nitrogens with zero attached hydrogens (tertiary/aromatic N) is 3. The molecular formula is C28H30F3N3O4. The van der Waals surface area contributed by atoms with Gasteiger partial charge in [0.2, 0.25) is 0 Å². The number of carbonyl (C=O) groups excluding carboxylic acids is 2. The number of alkyl halides is 3. The summed E-state index contributed by atoms with van der Waals surface area (Å²) in [5, 5.41) is 4.11. The van der Waals surface area contributed by atoms with Crippen LogP contribution in [0.3, 0.4) is 0 Å². The van der Waals surface area contributed by atoms with Crippen molar-refractivity contribution in [3.05, 3.63) is 70.9 Å². The number of rotatable bonds is 6. The van der Waals surface area contributed by atoms with Gasteiger partial charge in [-0.05, 0) is 69.1 Å². The first-order valence-corrected chi connectivity index (χ1v) is 12.4. The molecule has 7 nitrogen and oxygen atoms in total. The van der Waals surface area contributed by atoms with Gasteiger partial charge in [-0.1, -0.05) is 31.5 Å². The molecule has 0 aliphatic carbocycles. The van der Waals surface area contributed by atoms with Crippen LogP contribution in [0, 0.1) is 0 Å². The van der Waals surface area contributed by atoms with Crippen molar-refractivity contribution in [1.29, 1.82) is 0 Å². The molecule has 0 saturated carbocycles. The van der Waals surface area contributed by atoms with Gasteiger partial charge in [0.05, 0.1) is 11.8 Å². The molecule has 4 rings (SSSR count). The molecule has 38 heavy (non-hydrogen) atoms. The number of fused-ring (bicyclic) bond motifs is 1. The first kappa shape index (κ1) is 27.4. The van der Waals surface area contributed by atoms with E-state index in [0.29, 0.717) is 5.75 Å². The van der Waals surface area contributed by atoms with Crippen LogP contribution in [0.1, 0.15) is 67.6 Å². The van der Waals surface area contributed by atoms with Crippen molar-refractivity contribution in [2.24, 2.45) is 0 Å².